The Morgan fingerprint density at radius 1 is 1.37 bits per heavy atom. The predicted octanol–water partition coefficient (Wildman–Crippen LogP) is 1.33. The summed E-state index contributed by atoms with van der Waals surface area (Å²) in [5.41, 5.74) is 5.14. The predicted molar refractivity (Wildman–Crippen MR) is 63.2 cm³/mol. The lowest BCUT2D eigenvalue weighted by atomic mass is 10.1. The van der Waals surface area contributed by atoms with E-state index in [0.717, 1.165) is 17.0 Å². The minimum atomic E-state index is -4.52. The number of carboxylic acids is 1. The van der Waals surface area contributed by atoms with Gasteiger partial charge >= 0.3 is 12.1 Å². The Bertz CT molecular complexity index is 463. The Kier molecular flexibility index (Phi) is 4.60. The summed E-state index contributed by atoms with van der Waals surface area (Å²) in [5, 5.41) is 17.8. The van der Waals surface area contributed by atoms with Crippen LogP contribution in [0.2, 0.25) is 0 Å². The third-order valence-corrected chi connectivity index (χ3v) is 2.33. The van der Waals surface area contributed by atoms with Crippen LogP contribution in [0.1, 0.15) is 10.4 Å². The molecule has 0 bridgehead atoms. The molecular weight excluding hydrogens is 265 g/mol. The van der Waals surface area contributed by atoms with E-state index in [-0.39, 0.29) is 23.5 Å². The fourth-order valence-electron chi connectivity index (χ4n) is 1.61. The van der Waals surface area contributed by atoms with Crippen molar-refractivity contribution in [2.75, 3.05) is 30.3 Å². The molecule has 0 unspecified atom stereocenters. The van der Waals surface area contributed by atoms with E-state index in [1.807, 2.05) is 0 Å². The van der Waals surface area contributed by atoms with Gasteiger partial charge in [0.15, 0.2) is 0 Å². The van der Waals surface area contributed by atoms with Crippen LogP contribution in [0.25, 0.3) is 0 Å². The molecule has 5 nitrogen and oxygen atoms in total. The molecule has 19 heavy (non-hydrogen) atoms. The summed E-state index contributed by atoms with van der Waals surface area (Å²) in [7, 11) is 0. The summed E-state index contributed by atoms with van der Waals surface area (Å²) in [6, 6.07) is 3.57. The summed E-state index contributed by atoms with van der Waals surface area (Å²) >= 11 is 0. The van der Waals surface area contributed by atoms with Crippen LogP contribution >= 0.6 is 0 Å². The molecule has 0 saturated carbocycles. The maximum absolute atomic E-state index is 12.4. The first kappa shape index (κ1) is 15.1. The van der Waals surface area contributed by atoms with Gasteiger partial charge in [-0.15, -0.1) is 0 Å². The monoisotopic (exact) mass is 278 g/mol. The van der Waals surface area contributed by atoms with Crippen molar-refractivity contribution in [2.24, 2.45) is 0 Å². The van der Waals surface area contributed by atoms with Crippen molar-refractivity contribution in [3.8, 4) is 0 Å². The van der Waals surface area contributed by atoms with E-state index < -0.39 is 25.3 Å². The number of nitrogens with two attached hydrogens (primary N) is 1. The van der Waals surface area contributed by atoms with Crippen molar-refractivity contribution in [1.29, 1.82) is 0 Å². The molecule has 1 rings (SSSR count). The number of rotatable bonds is 5. The molecule has 0 aliphatic carbocycles. The maximum Gasteiger partial charge on any atom is 0.405 e. The highest BCUT2D eigenvalue weighted by Crippen LogP contribution is 2.27. The van der Waals surface area contributed by atoms with Gasteiger partial charge in [0, 0.05) is 12.2 Å². The Labute approximate surface area is 107 Å². The van der Waals surface area contributed by atoms with E-state index in [9.17, 15) is 18.0 Å². The molecule has 0 spiro atoms. The highest BCUT2D eigenvalue weighted by atomic mass is 19.4. The SMILES string of the molecule is Nc1ccc(C(=O)O)c(N(CCO)CC(F)(F)F)c1. The zero-order valence-electron chi connectivity index (χ0n) is 9.81. The molecule has 0 fully saturated rings. The summed E-state index contributed by atoms with van der Waals surface area (Å²) in [5.74, 6) is -1.36. The average Bonchev–Trinajstić information content (AvgIpc) is 2.26. The van der Waals surface area contributed by atoms with Crippen molar-refractivity contribution >= 4 is 17.3 Å². The molecule has 0 heterocycles. The van der Waals surface area contributed by atoms with Gasteiger partial charge in [-0.3, -0.25) is 0 Å². The van der Waals surface area contributed by atoms with Crippen molar-refractivity contribution in [3.05, 3.63) is 23.8 Å². The van der Waals surface area contributed by atoms with Gasteiger partial charge in [-0.2, -0.15) is 13.2 Å². The van der Waals surface area contributed by atoms with Gasteiger partial charge < -0.3 is 20.8 Å². The van der Waals surface area contributed by atoms with E-state index in [1.165, 1.54) is 6.07 Å². The Morgan fingerprint density at radius 3 is 2.47 bits per heavy atom. The molecule has 0 amide bonds. The van der Waals surface area contributed by atoms with E-state index >= 15 is 0 Å². The second-order valence-electron chi connectivity index (χ2n) is 3.84. The lowest BCUT2D eigenvalue weighted by molar-refractivity contribution is -0.119. The van der Waals surface area contributed by atoms with Crippen LogP contribution in [-0.2, 0) is 0 Å². The smallest absolute Gasteiger partial charge is 0.405 e. The minimum absolute atomic E-state index is 0.144. The molecule has 1 aromatic carbocycles. The van der Waals surface area contributed by atoms with Gasteiger partial charge in [0.2, 0.25) is 0 Å². The first-order valence-electron chi connectivity index (χ1n) is 5.30. The van der Waals surface area contributed by atoms with Crippen molar-refractivity contribution in [2.45, 2.75) is 6.18 Å². The molecular formula is C11H13F3N2O3. The van der Waals surface area contributed by atoms with Gasteiger partial charge in [-0.25, -0.2) is 4.79 Å². The summed E-state index contributed by atoms with van der Waals surface area (Å²) in [6.07, 6.45) is -4.52. The largest absolute Gasteiger partial charge is 0.478 e. The Hall–Kier alpha value is -1.96. The second kappa shape index (κ2) is 5.79. The lowest BCUT2D eigenvalue weighted by Crippen LogP contribution is -2.37. The molecule has 0 aromatic heterocycles. The average molecular weight is 278 g/mol. The first-order chi connectivity index (χ1) is 8.74. The van der Waals surface area contributed by atoms with Crippen LogP contribution in [0.3, 0.4) is 0 Å². The van der Waals surface area contributed by atoms with Gasteiger partial charge in [-0.05, 0) is 18.2 Å². The molecule has 4 N–H and O–H groups in total. The van der Waals surface area contributed by atoms with Crippen LogP contribution in [0, 0.1) is 0 Å². The third kappa shape index (κ3) is 4.32. The molecule has 0 saturated heterocycles. The number of carbonyl (C=O) groups is 1. The number of anilines is 2. The van der Waals surface area contributed by atoms with Crippen molar-refractivity contribution < 1.29 is 28.2 Å². The number of aliphatic hydroxyl groups excluding tert-OH is 1. The molecule has 106 valence electrons. The molecule has 8 heteroatoms. The normalized spacial score (nSPS) is 11.4. The van der Waals surface area contributed by atoms with Gasteiger partial charge in [0.05, 0.1) is 17.9 Å². The molecule has 0 aliphatic heterocycles. The standard InChI is InChI=1S/C11H13F3N2O3/c12-11(13,14)6-16(3-4-17)9-5-7(15)1-2-8(9)10(18)19/h1-2,5,17H,3-4,6,15H2,(H,18,19). The zero-order chi connectivity index (χ0) is 14.6. The highest BCUT2D eigenvalue weighted by Gasteiger charge is 2.32. The number of hydrogen-bond acceptors (Lipinski definition) is 4. The van der Waals surface area contributed by atoms with Crippen LogP contribution in [0.15, 0.2) is 18.2 Å². The molecule has 0 aliphatic rings. The number of halogens is 3. The van der Waals surface area contributed by atoms with E-state index in [2.05, 4.69) is 0 Å². The fourth-order valence-corrected chi connectivity index (χ4v) is 1.61. The number of aromatic carboxylic acids is 1. The van der Waals surface area contributed by atoms with Gasteiger partial charge in [0.25, 0.3) is 0 Å². The maximum atomic E-state index is 12.4. The van der Waals surface area contributed by atoms with Crippen LogP contribution in [-0.4, -0.2) is 42.1 Å². The molecule has 0 radical (unpaired) electrons. The number of benzene rings is 1. The topological polar surface area (TPSA) is 86.8 Å². The number of alkyl halides is 3. The second-order valence-corrected chi connectivity index (χ2v) is 3.84. The molecule has 0 atom stereocenters. The van der Waals surface area contributed by atoms with Crippen LogP contribution in [0.5, 0.6) is 0 Å². The third-order valence-electron chi connectivity index (χ3n) is 2.33. The van der Waals surface area contributed by atoms with Crippen LogP contribution in [0.4, 0.5) is 24.5 Å². The number of nitrogens with zero attached hydrogens (tertiary/aromatic N) is 1. The van der Waals surface area contributed by atoms with E-state index in [0.29, 0.717) is 0 Å². The highest BCUT2D eigenvalue weighted by molar-refractivity contribution is 5.95. The quantitative estimate of drug-likeness (QED) is 0.707. The van der Waals surface area contributed by atoms with E-state index in [1.54, 1.807) is 0 Å². The Balaban J connectivity index is 3.20. The van der Waals surface area contributed by atoms with Crippen LogP contribution < -0.4 is 10.6 Å². The first-order valence-corrected chi connectivity index (χ1v) is 5.30. The summed E-state index contributed by atoms with van der Waals surface area (Å²) < 4.78 is 37.3. The summed E-state index contributed by atoms with van der Waals surface area (Å²) in [6.45, 7) is -2.25. The number of hydrogen-bond donors (Lipinski definition) is 3. The zero-order valence-corrected chi connectivity index (χ0v) is 9.81. The summed E-state index contributed by atoms with van der Waals surface area (Å²) in [4.78, 5) is 11.7. The van der Waals surface area contributed by atoms with Gasteiger partial charge in [0.1, 0.15) is 6.54 Å². The van der Waals surface area contributed by atoms with Gasteiger partial charge in [-0.1, -0.05) is 0 Å². The number of nitrogen functional groups attached to an aromatic ring is 1. The lowest BCUT2D eigenvalue weighted by Gasteiger charge is -2.26. The van der Waals surface area contributed by atoms with E-state index in [4.69, 9.17) is 15.9 Å². The Morgan fingerprint density at radius 2 is 2.00 bits per heavy atom. The van der Waals surface area contributed by atoms with Crippen molar-refractivity contribution in [3.63, 3.8) is 0 Å². The molecule has 1 aromatic rings. The number of aliphatic hydroxyl groups is 1. The van der Waals surface area contributed by atoms with Crippen molar-refractivity contribution in [1.82, 2.24) is 0 Å². The number of carboxylic acid groups (broad SMARTS) is 1. The minimum Gasteiger partial charge on any atom is -0.478 e. The fraction of sp³-hybridized carbons (Fsp3) is 0.364.